The number of piperidine rings is 1. The molecule has 0 aromatic carbocycles. The fourth-order valence-electron chi connectivity index (χ4n) is 2.23. The first-order valence-electron chi connectivity index (χ1n) is 6.54. The van der Waals surface area contributed by atoms with Crippen molar-refractivity contribution < 1.29 is 19.5 Å². The molecule has 0 aliphatic carbocycles. The minimum absolute atomic E-state index is 0.408. The highest BCUT2D eigenvalue weighted by atomic mass is 16.4. The summed E-state index contributed by atoms with van der Waals surface area (Å²) < 4.78 is 0. The minimum Gasteiger partial charge on any atom is -0.480 e. The van der Waals surface area contributed by atoms with Crippen molar-refractivity contribution in [2.24, 2.45) is 5.73 Å². The molecular formula is C12H22N4O4. The number of hydrogen-bond donors (Lipinski definition) is 3. The van der Waals surface area contributed by atoms with Gasteiger partial charge in [-0.05, 0) is 26.9 Å². The summed E-state index contributed by atoms with van der Waals surface area (Å²) in [5.41, 5.74) is 4.96. The predicted molar refractivity (Wildman–Crippen MR) is 72.0 cm³/mol. The van der Waals surface area contributed by atoms with Gasteiger partial charge < -0.3 is 26.0 Å². The molecule has 1 fully saturated rings. The largest absolute Gasteiger partial charge is 0.480 e. The lowest BCUT2D eigenvalue weighted by Crippen LogP contribution is -2.52. The molecule has 1 aliphatic heterocycles. The first-order chi connectivity index (χ1) is 9.31. The number of nitrogens with two attached hydrogens (primary N) is 1. The maximum Gasteiger partial charge on any atom is 0.326 e. The van der Waals surface area contributed by atoms with E-state index in [9.17, 15) is 14.4 Å². The maximum absolute atomic E-state index is 12.0. The van der Waals surface area contributed by atoms with Crippen LogP contribution >= 0.6 is 0 Å². The smallest absolute Gasteiger partial charge is 0.326 e. The molecule has 8 nitrogen and oxygen atoms in total. The standard InChI is InChI=1S/C12H22N4O4/c1-15(2)8-3-5-16(6-4-8)12(20)14-9(11(18)19)7-10(13)17/h8-9H,3-7H2,1-2H3,(H2,13,17)(H,14,20)(H,18,19)/t9-/m0/s1. The summed E-state index contributed by atoms with van der Waals surface area (Å²) in [6.45, 7) is 1.13. The van der Waals surface area contributed by atoms with E-state index >= 15 is 0 Å². The fraction of sp³-hybridized carbons (Fsp3) is 0.750. The van der Waals surface area contributed by atoms with Crippen LogP contribution < -0.4 is 11.1 Å². The van der Waals surface area contributed by atoms with Gasteiger partial charge >= 0.3 is 12.0 Å². The van der Waals surface area contributed by atoms with Gasteiger partial charge in [0, 0.05) is 19.1 Å². The lowest BCUT2D eigenvalue weighted by Gasteiger charge is -2.35. The van der Waals surface area contributed by atoms with Gasteiger partial charge in [0.2, 0.25) is 5.91 Å². The van der Waals surface area contributed by atoms with Gasteiger partial charge in [0.1, 0.15) is 6.04 Å². The van der Waals surface area contributed by atoms with E-state index in [2.05, 4.69) is 10.2 Å². The molecule has 0 saturated carbocycles. The normalized spacial score (nSPS) is 17.9. The molecule has 0 aromatic rings. The van der Waals surface area contributed by atoms with Crippen molar-refractivity contribution in [3.05, 3.63) is 0 Å². The Morgan fingerprint density at radius 1 is 1.35 bits per heavy atom. The van der Waals surface area contributed by atoms with Gasteiger partial charge in [0.05, 0.1) is 6.42 Å². The molecule has 1 heterocycles. The molecule has 0 unspecified atom stereocenters. The number of carboxylic acids is 1. The maximum atomic E-state index is 12.0. The number of hydrogen-bond acceptors (Lipinski definition) is 4. The van der Waals surface area contributed by atoms with Crippen LogP contribution in [-0.2, 0) is 9.59 Å². The first kappa shape index (κ1) is 16.2. The fourth-order valence-corrected chi connectivity index (χ4v) is 2.23. The number of likely N-dealkylation sites (tertiary alicyclic amines) is 1. The van der Waals surface area contributed by atoms with Crippen LogP contribution in [0.25, 0.3) is 0 Å². The van der Waals surface area contributed by atoms with Crippen LogP contribution in [0.15, 0.2) is 0 Å². The highest BCUT2D eigenvalue weighted by Gasteiger charge is 2.28. The zero-order valence-corrected chi connectivity index (χ0v) is 11.8. The Morgan fingerprint density at radius 2 is 1.90 bits per heavy atom. The van der Waals surface area contributed by atoms with Gasteiger partial charge in [-0.1, -0.05) is 0 Å². The number of carbonyl (C=O) groups is 3. The second-order valence-electron chi connectivity index (χ2n) is 5.19. The van der Waals surface area contributed by atoms with Crippen molar-refractivity contribution in [1.82, 2.24) is 15.1 Å². The summed E-state index contributed by atoms with van der Waals surface area (Å²) >= 11 is 0. The number of primary amides is 1. The van der Waals surface area contributed by atoms with E-state index in [0.717, 1.165) is 12.8 Å². The van der Waals surface area contributed by atoms with Crippen LogP contribution in [-0.4, -0.2) is 72.1 Å². The van der Waals surface area contributed by atoms with E-state index < -0.39 is 30.4 Å². The summed E-state index contributed by atoms with van der Waals surface area (Å²) in [5.74, 6) is -2.02. The third kappa shape index (κ3) is 4.69. The van der Waals surface area contributed by atoms with Crippen LogP contribution in [0.2, 0.25) is 0 Å². The SMILES string of the molecule is CN(C)C1CCN(C(=O)N[C@@H](CC(N)=O)C(=O)O)CC1. The molecule has 20 heavy (non-hydrogen) atoms. The Balaban J connectivity index is 2.50. The quantitative estimate of drug-likeness (QED) is 0.602. The molecule has 0 aromatic heterocycles. The van der Waals surface area contributed by atoms with Crippen molar-refractivity contribution in [1.29, 1.82) is 0 Å². The van der Waals surface area contributed by atoms with E-state index in [4.69, 9.17) is 10.8 Å². The third-order valence-electron chi connectivity index (χ3n) is 3.48. The second-order valence-corrected chi connectivity index (χ2v) is 5.19. The number of carboxylic acid groups (broad SMARTS) is 1. The molecule has 1 aliphatic rings. The number of amides is 3. The molecule has 1 saturated heterocycles. The second kappa shape index (κ2) is 7.09. The average molecular weight is 286 g/mol. The number of carbonyl (C=O) groups excluding carboxylic acids is 2. The number of nitrogens with zero attached hydrogens (tertiary/aromatic N) is 2. The van der Waals surface area contributed by atoms with E-state index in [1.807, 2.05) is 14.1 Å². The van der Waals surface area contributed by atoms with Crippen LogP contribution in [0.5, 0.6) is 0 Å². The van der Waals surface area contributed by atoms with Gasteiger partial charge in [-0.2, -0.15) is 0 Å². The average Bonchev–Trinajstić information content (AvgIpc) is 2.37. The number of aliphatic carboxylic acids is 1. The van der Waals surface area contributed by atoms with Gasteiger partial charge in [-0.25, -0.2) is 9.59 Å². The summed E-state index contributed by atoms with van der Waals surface area (Å²) in [5, 5.41) is 11.3. The summed E-state index contributed by atoms with van der Waals surface area (Å²) in [6.07, 6.45) is 1.27. The number of nitrogens with one attached hydrogen (secondary N) is 1. The molecular weight excluding hydrogens is 264 g/mol. The summed E-state index contributed by atoms with van der Waals surface area (Å²) in [7, 11) is 3.99. The van der Waals surface area contributed by atoms with Gasteiger partial charge in [0.15, 0.2) is 0 Å². The van der Waals surface area contributed by atoms with Gasteiger partial charge in [-0.15, -0.1) is 0 Å². The molecule has 3 amide bonds. The van der Waals surface area contributed by atoms with E-state index in [0.29, 0.717) is 19.1 Å². The number of urea groups is 1. The van der Waals surface area contributed by atoms with E-state index in [1.54, 1.807) is 4.90 Å². The molecule has 0 radical (unpaired) electrons. The Labute approximate surface area is 117 Å². The highest BCUT2D eigenvalue weighted by Crippen LogP contribution is 2.14. The lowest BCUT2D eigenvalue weighted by molar-refractivity contribution is -0.141. The molecule has 0 spiro atoms. The Bertz CT molecular complexity index is 378. The molecule has 4 N–H and O–H groups in total. The molecule has 114 valence electrons. The van der Waals surface area contributed by atoms with E-state index in [1.165, 1.54) is 0 Å². The highest BCUT2D eigenvalue weighted by molar-refractivity contribution is 5.87. The number of rotatable bonds is 5. The molecule has 8 heteroatoms. The third-order valence-corrected chi connectivity index (χ3v) is 3.48. The first-order valence-corrected chi connectivity index (χ1v) is 6.54. The topological polar surface area (TPSA) is 116 Å². The van der Waals surface area contributed by atoms with Crippen LogP contribution in [0, 0.1) is 0 Å². The Kier molecular flexibility index (Phi) is 5.75. The van der Waals surface area contributed by atoms with Crippen molar-refractivity contribution in [3.63, 3.8) is 0 Å². The van der Waals surface area contributed by atoms with E-state index in [-0.39, 0.29) is 0 Å². The monoisotopic (exact) mass is 286 g/mol. The summed E-state index contributed by atoms with van der Waals surface area (Å²) in [4.78, 5) is 37.4. The lowest BCUT2D eigenvalue weighted by atomic mass is 10.0. The van der Waals surface area contributed by atoms with Crippen molar-refractivity contribution in [2.45, 2.75) is 31.3 Å². The zero-order chi connectivity index (χ0) is 15.3. The van der Waals surface area contributed by atoms with Crippen LogP contribution in [0.1, 0.15) is 19.3 Å². The van der Waals surface area contributed by atoms with Crippen LogP contribution in [0.4, 0.5) is 4.79 Å². The van der Waals surface area contributed by atoms with Crippen molar-refractivity contribution in [2.75, 3.05) is 27.2 Å². The zero-order valence-electron chi connectivity index (χ0n) is 11.8. The Morgan fingerprint density at radius 3 is 2.30 bits per heavy atom. The van der Waals surface area contributed by atoms with Gasteiger partial charge in [-0.3, -0.25) is 4.79 Å². The van der Waals surface area contributed by atoms with Gasteiger partial charge in [0.25, 0.3) is 0 Å². The Hall–Kier alpha value is -1.83. The molecule has 1 rings (SSSR count). The van der Waals surface area contributed by atoms with Crippen LogP contribution in [0.3, 0.4) is 0 Å². The molecule has 1 atom stereocenters. The predicted octanol–water partition coefficient (Wildman–Crippen LogP) is -0.949. The molecule has 0 bridgehead atoms. The summed E-state index contributed by atoms with van der Waals surface area (Å²) in [6, 6.07) is -1.30. The van der Waals surface area contributed by atoms with Crippen molar-refractivity contribution >= 4 is 17.9 Å². The van der Waals surface area contributed by atoms with Crippen molar-refractivity contribution in [3.8, 4) is 0 Å². The minimum atomic E-state index is -1.27.